The van der Waals surface area contributed by atoms with Crippen molar-refractivity contribution in [3.8, 4) is 0 Å². The van der Waals surface area contributed by atoms with Gasteiger partial charge in [-0.15, -0.1) is 0 Å². The van der Waals surface area contributed by atoms with Crippen LogP contribution in [0.5, 0.6) is 0 Å². The van der Waals surface area contributed by atoms with Crippen LogP contribution in [0.15, 0.2) is 42.5 Å². The normalized spacial score (nSPS) is 17.2. The Balaban J connectivity index is 1.47. The molecule has 2 saturated heterocycles. The quantitative estimate of drug-likeness (QED) is 0.501. The molecule has 0 N–H and O–H groups in total. The van der Waals surface area contributed by atoms with Gasteiger partial charge in [0.15, 0.2) is 0 Å². The van der Waals surface area contributed by atoms with Crippen molar-refractivity contribution in [1.82, 2.24) is 4.90 Å². The topological polar surface area (TPSA) is 113 Å². The first-order valence-corrected chi connectivity index (χ1v) is 11.2. The number of nitro groups is 2. The molecule has 0 aliphatic carbocycles. The molecule has 2 fully saturated rings. The fourth-order valence-electron chi connectivity index (χ4n) is 4.54. The summed E-state index contributed by atoms with van der Waals surface area (Å²) in [7, 11) is 0. The van der Waals surface area contributed by atoms with Gasteiger partial charge in [0.1, 0.15) is 11.4 Å². The first kappa shape index (κ1) is 22.5. The van der Waals surface area contributed by atoms with Crippen LogP contribution in [0.4, 0.5) is 22.7 Å². The van der Waals surface area contributed by atoms with Gasteiger partial charge in [0.25, 0.3) is 17.3 Å². The van der Waals surface area contributed by atoms with Gasteiger partial charge < -0.3 is 14.7 Å². The minimum absolute atomic E-state index is 0.0376. The third-order valence-corrected chi connectivity index (χ3v) is 6.53. The van der Waals surface area contributed by atoms with Crippen molar-refractivity contribution in [2.75, 3.05) is 49.1 Å². The van der Waals surface area contributed by atoms with Crippen LogP contribution in [0, 0.1) is 26.1 Å². The Bertz CT molecular complexity index is 1060. The first-order valence-electron chi connectivity index (χ1n) is 11.2. The average Bonchev–Trinajstić information content (AvgIpc) is 2.84. The second kappa shape index (κ2) is 9.43. The molecule has 0 saturated carbocycles. The molecule has 2 aliphatic rings. The number of anilines is 2. The van der Waals surface area contributed by atoms with Crippen LogP contribution in [0.2, 0.25) is 0 Å². The lowest BCUT2D eigenvalue weighted by atomic mass is 9.98. The Morgan fingerprint density at radius 3 is 2.03 bits per heavy atom. The van der Waals surface area contributed by atoms with Crippen LogP contribution in [-0.2, 0) is 0 Å². The van der Waals surface area contributed by atoms with Gasteiger partial charge in [0, 0.05) is 57.0 Å². The summed E-state index contributed by atoms with van der Waals surface area (Å²) >= 11 is 0. The number of piperazine rings is 1. The zero-order valence-electron chi connectivity index (χ0n) is 18.6. The minimum atomic E-state index is -0.420. The molecule has 0 bridgehead atoms. The zero-order valence-corrected chi connectivity index (χ0v) is 18.6. The summed E-state index contributed by atoms with van der Waals surface area (Å²) in [5.74, 6) is 0.344. The van der Waals surface area contributed by atoms with Crippen LogP contribution in [0.3, 0.4) is 0 Å². The van der Waals surface area contributed by atoms with E-state index in [1.807, 2.05) is 9.80 Å². The van der Waals surface area contributed by atoms with Gasteiger partial charge in [-0.1, -0.05) is 19.1 Å². The molecule has 2 heterocycles. The van der Waals surface area contributed by atoms with E-state index in [9.17, 15) is 25.0 Å². The Morgan fingerprint density at radius 1 is 0.818 bits per heavy atom. The van der Waals surface area contributed by atoms with Crippen molar-refractivity contribution < 1.29 is 14.6 Å². The van der Waals surface area contributed by atoms with E-state index in [-0.39, 0.29) is 22.8 Å². The van der Waals surface area contributed by atoms with E-state index in [0.29, 0.717) is 43.5 Å². The van der Waals surface area contributed by atoms with Crippen LogP contribution in [0.25, 0.3) is 0 Å². The van der Waals surface area contributed by atoms with Crippen molar-refractivity contribution in [3.63, 3.8) is 0 Å². The molecule has 1 amide bonds. The third kappa shape index (κ3) is 4.74. The fraction of sp³-hybridized carbons (Fsp3) is 0.435. The molecule has 2 aromatic carbocycles. The van der Waals surface area contributed by atoms with Crippen molar-refractivity contribution in [1.29, 1.82) is 0 Å². The largest absolute Gasteiger partial charge is 0.366 e. The molecule has 4 rings (SSSR count). The van der Waals surface area contributed by atoms with Crippen molar-refractivity contribution in [3.05, 3.63) is 68.3 Å². The maximum Gasteiger partial charge on any atom is 0.293 e. The Morgan fingerprint density at radius 2 is 1.39 bits per heavy atom. The summed E-state index contributed by atoms with van der Waals surface area (Å²) in [6, 6.07) is 11.3. The fourth-order valence-corrected chi connectivity index (χ4v) is 4.54. The maximum absolute atomic E-state index is 13.1. The van der Waals surface area contributed by atoms with E-state index in [0.717, 1.165) is 25.9 Å². The Labute approximate surface area is 191 Å². The molecule has 0 radical (unpaired) electrons. The highest BCUT2D eigenvalue weighted by Gasteiger charge is 2.29. The van der Waals surface area contributed by atoms with Crippen LogP contribution < -0.4 is 9.80 Å². The average molecular weight is 453 g/mol. The monoisotopic (exact) mass is 453 g/mol. The van der Waals surface area contributed by atoms with Gasteiger partial charge >= 0.3 is 0 Å². The van der Waals surface area contributed by atoms with Crippen molar-refractivity contribution in [2.45, 2.75) is 19.8 Å². The lowest BCUT2D eigenvalue weighted by Gasteiger charge is -2.36. The SMILES string of the molecule is CC1CCN(c2ccc(C(=O)N3CCN(c4ccccc4[N+](=O)[O-])CC3)cc2[N+](=O)[O-])CC1. The second-order valence-corrected chi connectivity index (χ2v) is 8.66. The number of amides is 1. The lowest BCUT2D eigenvalue weighted by Crippen LogP contribution is -2.49. The van der Waals surface area contributed by atoms with E-state index < -0.39 is 9.85 Å². The number of hydrogen-bond acceptors (Lipinski definition) is 7. The Hall–Kier alpha value is -3.69. The molecular formula is C23H27N5O5. The van der Waals surface area contributed by atoms with E-state index in [1.54, 1.807) is 35.2 Å². The molecule has 0 spiro atoms. The Kier molecular flexibility index (Phi) is 6.43. The molecule has 0 atom stereocenters. The standard InChI is InChI=1S/C23H27N5O5/c1-17-8-10-24(11-9-17)20-7-6-18(16-22(20)28(32)33)23(29)26-14-12-25(13-15-26)19-4-2-3-5-21(19)27(30)31/h2-7,16-17H,8-15H2,1H3. The summed E-state index contributed by atoms with van der Waals surface area (Å²) in [4.78, 5) is 40.9. The second-order valence-electron chi connectivity index (χ2n) is 8.66. The molecule has 0 unspecified atom stereocenters. The highest BCUT2D eigenvalue weighted by Crippen LogP contribution is 2.33. The number of benzene rings is 2. The first-order chi connectivity index (χ1) is 15.8. The smallest absolute Gasteiger partial charge is 0.293 e. The molecule has 2 aliphatic heterocycles. The number of nitro benzene ring substituents is 2. The van der Waals surface area contributed by atoms with Crippen LogP contribution >= 0.6 is 0 Å². The summed E-state index contributed by atoms with van der Waals surface area (Å²) in [6.45, 7) is 5.37. The van der Waals surface area contributed by atoms with Crippen molar-refractivity contribution >= 4 is 28.7 Å². The number of nitrogens with zero attached hydrogens (tertiary/aromatic N) is 5. The number of piperidine rings is 1. The third-order valence-electron chi connectivity index (χ3n) is 6.53. The number of para-hydroxylation sites is 2. The van der Waals surface area contributed by atoms with E-state index in [4.69, 9.17) is 0 Å². The molecular weight excluding hydrogens is 426 g/mol. The van der Waals surface area contributed by atoms with Gasteiger partial charge in [-0.3, -0.25) is 25.0 Å². The van der Waals surface area contributed by atoms with Gasteiger partial charge in [-0.05, 0) is 37.0 Å². The van der Waals surface area contributed by atoms with E-state index in [2.05, 4.69) is 6.92 Å². The lowest BCUT2D eigenvalue weighted by molar-refractivity contribution is -0.384. The van der Waals surface area contributed by atoms with E-state index >= 15 is 0 Å². The molecule has 10 nitrogen and oxygen atoms in total. The van der Waals surface area contributed by atoms with Crippen molar-refractivity contribution in [2.24, 2.45) is 5.92 Å². The highest BCUT2D eigenvalue weighted by molar-refractivity contribution is 5.96. The summed E-state index contributed by atoms with van der Waals surface area (Å²) < 4.78 is 0. The molecule has 33 heavy (non-hydrogen) atoms. The van der Waals surface area contributed by atoms with Gasteiger partial charge in [0.2, 0.25) is 0 Å². The number of carbonyl (C=O) groups is 1. The maximum atomic E-state index is 13.1. The zero-order chi connectivity index (χ0) is 23.5. The molecule has 2 aromatic rings. The predicted octanol–water partition coefficient (Wildman–Crippen LogP) is 3.70. The van der Waals surface area contributed by atoms with Crippen LogP contribution in [-0.4, -0.2) is 59.9 Å². The number of carbonyl (C=O) groups excluding carboxylic acids is 1. The van der Waals surface area contributed by atoms with Gasteiger partial charge in [-0.2, -0.15) is 0 Å². The number of hydrogen-bond donors (Lipinski definition) is 0. The molecule has 10 heteroatoms. The van der Waals surface area contributed by atoms with Crippen LogP contribution in [0.1, 0.15) is 30.1 Å². The molecule has 0 aromatic heterocycles. The molecule has 174 valence electrons. The highest BCUT2D eigenvalue weighted by atomic mass is 16.6. The van der Waals surface area contributed by atoms with Gasteiger partial charge in [0.05, 0.1) is 9.85 Å². The summed E-state index contributed by atoms with van der Waals surface area (Å²) in [5.41, 5.74) is 1.37. The van der Waals surface area contributed by atoms with Gasteiger partial charge in [-0.25, -0.2) is 0 Å². The minimum Gasteiger partial charge on any atom is -0.366 e. The number of rotatable bonds is 5. The van der Waals surface area contributed by atoms with E-state index in [1.165, 1.54) is 12.1 Å². The summed E-state index contributed by atoms with van der Waals surface area (Å²) in [5, 5.41) is 23.1. The summed E-state index contributed by atoms with van der Waals surface area (Å²) in [6.07, 6.45) is 1.98. The predicted molar refractivity (Wildman–Crippen MR) is 125 cm³/mol.